The Kier molecular flexibility index (Phi) is 5.36. The molecule has 0 aliphatic rings. The number of hydrogen-bond acceptors (Lipinski definition) is 3. The van der Waals surface area contributed by atoms with Crippen molar-refractivity contribution in [1.29, 1.82) is 0 Å². The van der Waals surface area contributed by atoms with Gasteiger partial charge >= 0.3 is 0 Å². The fourth-order valence-corrected chi connectivity index (χ4v) is 3.36. The molecule has 0 aliphatic carbocycles. The van der Waals surface area contributed by atoms with Crippen LogP contribution in [0, 0.1) is 19.7 Å². The van der Waals surface area contributed by atoms with Gasteiger partial charge in [0.2, 0.25) is 15.9 Å². The summed E-state index contributed by atoms with van der Waals surface area (Å²) in [6, 6.07) is 9.33. The quantitative estimate of drug-likeness (QED) is 0.871. The number of halogens is 1. The van der Waals surface area contributed by atoms with Crippen LogP contribution >= 0.6 is 0 Å². The Morgan fingerprint density at radius 3 is 2.38 bits per heavy atom. The molecule has 1 unspecified atom stereocenters. The summed E-state index contributed by atoms with van der Waals surface area (Å²) in [5.74, 6) is -1.40. The van der Waals surface area contributed by atoms with E-state index < -0.39 is 32.7 Å². The Bertz CT molecular complexity index is 866. The van der Waals surface area contributed by atoms with Crippen molar-refractivity contribution in [2.24, 2.45) is 0 Å². The molecule has 0 aromatic heterocycles. The Hall–Kier alpha value is -2.25. The van der Waals surface area contributed by atoms with E-state index in [1.807, 2.05) is 19.9 Å². The number of amides is 1. The van der Waals surface area contributed by atoms with Crippen molar-refractivity contribution in [2.75, 3.05) is 5.32 Å². The van der Waals surface area contributed by atoms with Gasteiger partial charge < -0.3 is 5.32 Å². The second-order valence-electron chi connectivity index (χ2n) is 5.56. The van der Waals surface area contributed by atoms with Crippen LogP contribution in [-0.4, -0.2) is 20.4 Å². The van der Waals surface area contributed by atoms with Crippen molar-refractivity contribution in [3.05, 3.63) is 59.4 Å². The first-order chi connectivity index (χ1) is 11.2. The van der Waals surface area contributed by atoms with Gasteiger partial charge in [-0.2, -0.15) is 4.72 Å². The molecule has 0 bridgehead atoms. The van der Waals surface area contributed by atoms with E-state index in [4.69, 9.17) is 0 Å². The number of sulfonamides is 1. The molecular weight excluding hydrogens is 331 g/mol. The smallest absolute Gasteiger partial charge is 0.244 e. The standard InChI is InChI=1S/C17H19FN2O3S/c1-11-8-9-14(10-12(11)2)19-17(21)13(3)20-24(22,23)16-7-5-4-6-15(16)18/h4-10,13,20H,1-3H3,(H,19,21). The second-order valence-corrected chi connectivity index (χ2v) is 7.24. The van der Waals surface area contributed by atoms with Gasteiger partial charge in [0.15, 0.2) is 0 Å². The maximum Gasteiger partial charge on any atom is 0.244 e. The van der Waals surface area contributed by atoms with Gasteiger partial charge in [0.25, 0.3) is 0 Å². The van der Waals surface area contributed by atoms with Crippen molar-refractivity contribution >= 4 is 21.6 Å². The third-order valence-corrected chi connectivity index (χ3v) is 5.20. The molecule has 2 aromatic carbocycles. The largest absolute Gasteiger partial charge is 0.325 e. The number of aryl methyl sites for hydroxylation is 2. The second kappa shape index (κ2) is 7.11. The highest BCUT2D eigenvalue weighted by atomic mass is 32.2. The minimum absolute atomic E-state index is 0.490. The van der Waals surface area contributed by atoms with Crippen LogP contribution in [0.5, 0.6) is 0 Å². The van der Waals surface area contributed by atoms with Crippen LogP contribution in [0.1, 0.15) is 18.1 Å². The van der Waals surface area contributed by atoms with Gasteiger partial charge in [-0.3, -0.25) is 4.79 Å². The first-order valence-corrected chi connectivity index (χ1v) is 8.84. The van der Waals surface area contributed by atoms with Crippen molar-refractivity contribution in [2.45, 2.75) is 31.7 Å². The molecule has 0 spiro atoms. The van der Waals surface area contributed by atoms with Crippen LogP contribution in [0.4, 0.5) is 10.1 Å². The van der Waals surface area contributed by atoms with Crippen LogP contribution in [0.15, 0.2) is 47.4 Å². The van der Waals surface area contributed by atoms with Crippen LogP contribution in [0.2, 0.25) is 0 Å². The highest BCUT2D eigenvalue weighted by Gasteiger charge is 2.24. The number of hydrogen-bond donors (Lipinski definition) is 2. The van der Waals surface area contributed by atoms with E-state index in [-0.39, 0.29) is 0 Å². The van der Waals surface area contributed by atoms with Gasteiger partial charge in [-0.25, -0.2) is 12.8 Å². The fourth-order valence-electron chi connectivity index (χ4n) is 2.08. The van der Waals surface area contributed by atoms with E-state index in [2.05, 4.69) is 10.0 Å². The number of anilines is 1. The molecule has 0 heterocycles. The molecule has 2 aromatic rings. The van der Waals surface area contributed by atoms with Gasteiger partial charge in [0.1, 0.15) is 10.7 Å². The van der Waals surface area contributed by atoms with Crippen molar-refractivity contribution in [3.8, 4) is 0 Å². The topological polar surface area (TPSA) is 75.3 Å². The molecule has 0 fully saturated rings. The molecule has 0 saturated heterocycles. The normalized spacial score (nSPS) is 12.7. The third kappa shape index (κ3) is 4.18. The summed E-state index contributed by atoms with van der Waals surface area (Å²) in [7, 11) is -4.13. The average Bonchev–Trinajstić information content (AvgIpc) is 2.50. The number of nitrogens with one attached hydrogen (secondary N) is 2. The highest BCUT2D eigenvalue weighted by molar-refractivity contribution is 7.89. The molecule has 7 heteroatoms. The molecule has 1 atom stereocenters. The molecule has 128 valence electrons. The van der Waals surface area contributed by atoms with Crippen molar-refractivity contribution in [1.82, 2.24) is 4.72 Å². The minimum Gasteiger partial charge on any atom is -0.325 e. The Morgan fingerprint density at radius 1 is 1.08 bits per heavy atom. The summed E-state index contributed by atoms with van der Waals surface area (Å²) in [6.45, 7) is 5.26. The molecule has 2 N–H and O–H groups in total. The zero-order valence-corrected chi connectivity index (χ0v) is 14.4. The lowest BCUT2D eigenvalue weighted by molar-refractivity contribution is -0.117. The highest BCUT2D eigenvalue weighted by Crippen LogP contribution is 2.16. The number of rotatable bonds is 5. The first-order valence-electron chi connectivity index (χ1n) is 7.35. The molecule has 1 amide bonds. The van der Waals surface area contributed by atoms with Crippen LogP contribution in [0.25, 0.3) is 0 Å². The van der Waals surface area contributed by atoms with E-state index in [1.165, 1.54) is 19.1 Å². The van der Waals surface area contributed by atoms with Gasteiger partial charge in [-0.05, 0) is 56.2 Å². The first kappa shape index (κ1) is 18.1. The van der Waals surface area contributed by atoms with Gasteiger partial charge in [0.05, 0.1) is 6.04 Å². The van der Waals surface area contributed by atoms with E-state index in [9.17, 15) is 17.6 Å². The third-order valence-electron chi connectivity index (χ3n) is 3.63. The lowest BCUT2D eigenvalue weighted by Crippen LogP contribution is -2.41. The summed E-state index contributed by atoms with van der Waals surface area (Å²) >= 11 is 0. The average molecular weight is 350 g/mol. The Morgan fingerprint density at radius 2 is 1.75 bits per heavy atom. The molecule has 5 nitrogen and oxygen atoms in total. The SMILES string of the molecule is Cc1ccc(NC(=O)C(C)NS(=O)(=O)c2ccccc2F)cc1C. The maximum absolute atomic E-state index is 13.6. The number of carbonyl (C=O) groups excluding carboxylic acids is 1. The maximum atomic E-state index is 13.6. The van der Waals surface area contributed by atoms with E-state index in [0.717, 1.165) is 23.3 Å². The molecule has 24 heavy (non-hydrogen) atoms. The van der Waals surface area contributed by atoms with Crippen LogP contribution in [0.3, 0.4) is 0 Å². The summed E-state index contributed by atoms with van der Waals surface area (Å²) in [5.41, 5.74) is 2.66. The molecular formula is C17H19FN2O3S. The predicted molar refractivity (Wildman–Crippen MR) is 90.7 cm³/mol. The zero-order valence-electron chi connectivity index (χ0n) is 13.6. The van der Waals surface area contributed by atoms with E-state index >= 15 is 0 Å². The van der Waals surface area contributed by atoms with Gasteiger partial charge in [-0.1, -0.05) is 18.2 Å². The predicted octanol–water partition coefficient (Wildman–Crippen LogP) is 2.75. The van der Waals surface area contributed by atoms with Crippen LogP contribution < -0.4 is 10.0 Å². The number of carbonyl (C=O) groups is 1. The molecule has 0 radical (unpaired) electrons. The van der Waals surface area contributed by atoms with Crippen molar-refractivity contribution < 1.29 is 17.6 Å². The summed E-state index contributed by atoms with van der Waals surface area (Å²) in [6.07, 6.45) is 0. The Balaban J connectivity index is 2.11. The van der Waals surface area contributed by atoms with Crippen LogP contribution in [-0.2, 0) is 14.8 Å². The van der Waals surface area contributed by atoms with E-state index in [1.54, 1.807) is 12.1 Å². The molecule has 0 saturated carbocycles. The fraction of sp³-hybridized carbons (Fsp3) is 0.235. The molecule has 2 rings (SSSR count). The summed E-state index contributed by atoms with van der Waals surface area (Å²) in [5, 5.41) is 2.64. The lowest BCUT2D eigenvalue weighted by atomic mass is 10.1. The number of benzene rings is 2. The monoisotopic (exact) mass is 350 g/mol. The summed E-state index contributed by atoms with van der Waals surface area (Å²) in [4.78, 5) is 11.7. The van der Waals surface area contributed by atoms with Gasteiger partial charge in [0, 0.05) is 5.69 Å². The van der Waals surface area contributed by atoms with Gasteiger partial charge in [-0.15, -0.1) is 0 Å². The lowest BCUT2D eigenvalue weighted by Gasteiger charge is -2.15. The van der Waals surface area contributed by atoms with E-state index in [0.29, 0.717) is 5.69 Å². The Labute approximate surface area is 141 Å². The van der Waals surface area contributed by atoms with Crippen molar-refractivity contribution in [3.63, 3.8) is 0 Å². The molecule has 0 aliphatic heterocycles. The minimum atomic E-state index is -4.13. The zero-order chi connectivity index (χ0) is 17.9. The summed E-state index contributed by atoms with van der Waals surface area (Å²) < 4.78 is 40.2.